The maximum atomic E-state index is 14.0. The second kappa shape index (κ2) is 6.41. The van der Waals surface area contributed by atoms with Crippen LogP contribution in [0.1, 0.15) is 36.0 Å². The number of nitrogens with two attached hydrogens (primary N) is 1. The molecule has 1 aliphatic heterocycles. The average molecular weight is 379 g/mol. The third kappa shape index (κ3) is 3.81. The highest BCUT2D eigenvalue weighted by Gasteiger charge is 2.24. The zero-order valence-corrected chi connectivity index (χ0v) is 13.7. The Morgan fingerprint density at radius 2 is 1.76 bits per heavy atom. The van der Waals surface area contributed by atoms with E-state index in [1.165, 1.54) is 0 Å². The van der Waals surface area contributed by atoms with E-state index in [-0.39, 0.29) is 14.9 Å². The van der Waals surface area contributed by atoms with Gasteiger partial charge in [0.2, 0.25) is 10.0 Å². The fraction of sp³-hybridized carbons (Fsp3) is 0.462. The fourth-order valence-corrected chi connectivity index (χ4v) is 3.96. The number of rotatable bonds is 2. The van der Waals surface area contributed by atoms with E-state index in [9.17, 15) is 17.6 Å². The highest BCUT2D eigenvalue weighted by Crippen LogP contribution is 2.26. The van der Waals surface area contributed by atoms with Gasteiger partial charge in [-0.2, -0.15) is 0 Å². The molecule has 5 nitrogen and oxygen atoms in total. The van der Waals surface area contributed by atoms with E-state index in [1.807, 2.05) is 0 Å². The van der Waals surface area contributed by atoms with Crippen LogP contribution in [0.2, 0.25) is 0 Å². The molecule has 2 rings (SSSR count). The van der Waals surface area contributed by atoms with Crippen LogP contribution in [0.15, 0.2) is 21.5 Å². The lowest BCUT2D eigenvalue weighted by molar-refractivity contribution is 0.0756. The van der Waals surface area contributed by atoms with Gasteiger partial charge in [-0.05, 0) is 40.9 Å². The number of amides is 1. The molecule has 1 saturated heterocycles. The van der Waals surface area contributed by atoms with Gasteiger partial charge in [-0.25, -0.2) is 17.9 Å². The molecule has 1 amide bonds. The average Bonchev–Trinajstić information content (AvgIpc) is 2.65. The second-order valence-electron chi connectivity index (χ2n) is 5.01. The van der Waals surface area contributed by atoms with Crippen molar-refractivity contribution in [2.75, 3.05) is 13.1 Å². The Balaban J connectivity index is 2.40. The minimum absolute atomic E-state index is 0.00918. The first-order valence-corrected chi connectivity index (χ1v) is 8.96. The van der Waals surface area contributed by atoms with Gasteiger partial charge in [0.25, 0.3) is 5.91 Å². The lowest BCUT2D eigenvalue weighted by Gasteiger charge is -2.21. The van der Waals surface area contributed by atoms with E-state index in [1.54, 1.807) is 4.90 Å². The molecule has 1 fully saturated rings. The lowest BCUT2D eigenvalue weighted by Crippen LogP contribution is -2.32. The topological polar surface area (TPSA) is 80.5 Å². The third-order valence-electron chi connectivity index (χ3n) is 3.45. The van der Waals surface area contributed by atoms with Crippen LogP contribution < -0.4 is 5.14 Å². The van der Waals surface area contributed by atoms with Gasteiger partial charge >= 0.3 is 0 Å². The number of halogens is 2. The van der Waals surface area contributed by atoms with Crippen molar-refractivity contribution in [3.8, 4) is 0 Å². The molecule has 0 radical (unpaired) electrons. The minimum atomic E-state index is -4.03. The molecule has 1 heterocycles. The lowest BCUT2D eigenvalue weighted by atomic mass is 10.2. The molecule has 0 atom stereocenters. The quantitative estimate of drug-likeness (QED) is 0.856. The van der Waals surface area contributed by atoms with E-state index in [4.69, 9.17) is 5.14 Å². The van der Waals surface area contributed by atoms with Crippen LogP contribution in [-0.4, -0.2) is 32.3 Å². The van der Waals surface area contributed by atoms with Crippen LogP contribution in [0.25, 0.3) is 0 Å². The highest BCUT2D eigenvalue weighted by atomic mass is 79.9. The number of carbonyl (C=O) groups is 1. The summed E-state index contributed by atoms with van der Waals surface area (Å²) in [6.45, 7) is 1.11. The van der Waals surface area contributed by atoms with E-state index in [0.717, 1.165) is 37.8 Å². The predicted molar refractivity (Wildman–Crippen MR) is 79.8 cm³/mol. The Bertz CT molecular complexity index is 656. The highest BCUT2D eigenvalue weighted by molar-refractivity contribution is 9.10. The van der Waals surface area contributed by atoms with Crippen molar-refractivity contribution in [3.63, 3.8) is 0 Å². The van der Waals surface area contributed by atoms with Crippen molar-refractivity contribution in [3.05, 3.63) is 28.0 Å². The van der Waals surface area contributed by atoms with Crippen molar-refractivity contribution in [1.82, 2.24) is 4.90 Å². The summed E-state index contributed by atoms with van der Waals surface area (Å²) in [5.41, 5.74) is -0.260. The summed E-state index contributed by atoms with van der Waals surface area (Å²) in [5, 5.41) is 5.08. The first-order valence-electron chi connectivity index (χ1n) is 6.62. The van der Waals surface area contributed by atoms with Crippen molar-refractivity contribution in [2.45, 2.75) is 30.6 Å². The van der Waals surface area contributed by atoms with Crippen LogP contribution in [0.5, 0.6) is 0 Å². The standard InChI is InChI=1S/C13H16BrFN2O3S/c14-10-8-11(15)9(7-12(10)21(16,19)20)13(18)17-5-3-1-2-4-6-17/h7-8H,1-6H2,(H2,16,19,20). The summed E-state index contributed by atoms with van der Waals surface area (Å²) >= 11 is 2.95. The summed E-state index contributed by atoms with van der Waals surface area (Å²) in [5.74, 6) is -1.25. The molecule has 0 saturated carbocycles. The van der Waals surface area contributed by atoms with Gasteiger partial charge in [-0.1, -0.05) is 12.8 Å². The molecule has 116 valence electrons. The number of hydrogen-bond acceptors (Lipinski definition) is 3. The smallest absolute Gasteiger partial charge is 0.256 e. The fourth-order valence-electron chi connectivity index (χ4n) is 2.36. The number of likely N-dealkylation sites (tertiary alicyclic amines) is 1. The Labute approximate surface area is 131 Å². The maximum Gasteiger partial charge on any atom is 0.256 e. The molecule has 0 aromatic heterocycles. The molecule has 1 aromatic rings. The monoisotopic (exact) mass is 378 g/mol. The first-order chi connectivity index (χ1) is 9.80. The summed E-state index contributed by atoms with van der Waals surface area (Å²) in [7, 11) is -4.03. The SMILES string of the molecule is NS(=O)(=O)c1cc(C(=O)N2CCCCCC2)c(F)cc1Br. The van der Waals surface area contributed by atoms with Gasteiger partial charge in [0.15, 0.2) is 0 Å². The number of carbonyl (C=O) groups excluding carboxylic acids is 1. The molecule has 2 N–H and O–H groups in total. The second-order valence-corrected chi connectivity index (χ2v) is 7.40. The Morgan fingerprint density at radius 1 is 1.19 bits per heavy atom. The molecule has 1 aliphatic rings. The Hall–Kier alpha value is -0.990. The molecule has 0 aliphatic carbocycles. The Morgan fingerprint density at radius 3 is 2.29 bits per heavy atom. The van der Waals surface area contributed by atoms with Gasteiger partial charge in [-0.15, -0.1) is 0 Å². The van der Waals surface area contributed by atoms with Crippen LogP contribution in [0, 0.1) is 5.82 Å². The van der Waals surface area contributed by atoms with Crippen LogP contribution in [-0.2, 0) is 10.0 Å². The first kappa shape index (κ1) is 16.4. The maximum absolute atomic E-state index is 14.0. The summed E-state index contributed by atoms with van der Waals surface area (Å²) in [6, 6.07) is 1.97. The van der Waals surface area contributed by atoms with E-state index >= 15 is 0 Å². The molecule has 21 heavy (non-hydrogen) atoms. The van der Waals surface area contributed by atoms with E-state index in [0.29, 0.717) is 13.1 Å². The van der Waals surface area contributed by atoms with Gasteiger partial charge < -0.3 is 4.90 Å². The number of benzene rings is 1. The molecule has 0 bridgehead atoms. The largest absolute Gasteiger partial charge is 0.339 e. The number of hydrogen-bond donors (Lipinski definition) is 1. The van der Waals surface area contributed by atoms with E-state index < -0.39 is 21.7 Å². The Kier molecular flexibility index (Phi) is 5.00. The van der Waals surface area contributed by atoms with Crippen molar-refractivity contribution < 1.29 is 17.6 Å². The molecule has 8 heteroatoms. The number of sulfonamides is 1. The number of nitrogens with zero attached hydrogens (tertiary/aromatic N) is 1. The summed E-state index contributed by atoms with van der Waals surface area (Å²) in [6.07, 6.45) is 3.81. The van der Waals surface area contributed by atoms with Gasteiger partial charge in [0.05, 0.1) is 10.5 Å². The predicted octanol–water partition coefficient (Wildman–Crippen LogP) is 2.25. The van der Waals surface area contributed by atoms with Crippen molar-refractivity contribution in [1.29, 1.82) is 0 Å². The van der Waals surface area contributed by atoms with Crippen molar-refractivity contribution >= 4 is 31.9 Å². The molecule has 0 unspecified atom stereocenters. The van der Waals surface area contributed by atoms with Gasteiger partial charge in [-0.3, -0.25) is 4.79 Å². The van der Waals surface area contributed by atoms with Crippen LogP contribution >= 0.6 is 15.9 Å². The van der Waals surface area contributed by atoms with Crippen LogP contribution in [0.4, 0.5) is 4.39 Å². The summed E-state index contributed by atoms with van der Waals surface area (Å²) in [4.78, 5) is 13.7. The molecule has 1 aromatic carbocycles. The zero-order valence-electron chi connectivity index (χ0n) is 11.3. The minimum Gasteiger partial charge on any atom is -0.339 e. The molecular weight excluding hydrogens is 363 g/mol. The summed E-state index contributed by atoms with van der Waals surface area (Å²) < 4.78 is 37.0. The third-order valence-corrected chi connectivity index (χ3v) is 5.32. The molecule has 0 spiro atoms. The van der Waals surface area contributed by atoms with Gasteiger partial charge in [0, 0.05) is 17.6 Å². The molecular formula is C13H16BrFN2O3S. The van der Waals surface area contributed by atoms with Crippen LogP contribution in [0.3, 0.4) is 0 Å². The zero-order chi connectivity index (χ0) is 15.6. The van der Waals surface area contributed by atoms with Gasteiger partial charge in [0.1, 0.15) is 5.82 Å². The number of primary sulfonamides is 1. The van der Waals surface area contributed by atoms with Crippen molar-refractivity contribution in [2.24, 2.45) is 5.14 Å². The normalized spacial score (nSPS) is 16.6. The van der Waals surface area contributed by atoms with E-state index in [2.05, 4.69) is 15.9 Å².